The summed E-state index contributed by atoms with van der Waals surface area (Å²) in [5, 5.41) is 0. The number of nitrogens with one attached hydrogen (secondary N) is 1. The highest BCUT2D eigenvalue weighted by molar-refractivity contribution is 7.88. The molecule has 0 aromatic carbocycles. The lowest BCUT2D eigenvalue weighted by molar-refractivity contribution is 0.361. The van der Waals surface area contributed by atoms with Gasteiger partial charge in [0.1, 0.15) is 0 Å². The quantitative estimate of drug-likeness (QED) is 0.636. The number of hydrogen-bond donors (Lipinski definition) is 2. The van der Waals surface area contributed by atoms with Crippen LogP contribution in [0.25, 0.3) is 0 Å². The molecule has 0 radical (unpaired) electrons. The van der Waals surface area contributed by atoms with Crippen molar-refractivity contribution in [1.82, 2.24) is 4.72 Å². The fourth-order valence-corrected chi connectivity index (χ4v) is 2.42. The zero-order valence-corrected chi connectivity index (χ0v) is 8.10. The number of rotatable bonds is 2. The fraction of sp³-hybridized carbons (Fsp3) is 1.00. The van der Waals surface area contributed by atoms with Crippen molar-refractivity contribution in [2.24, 2.45) is 5.73 Å². The lowest BCUT2D eigenvalue weighted by Crippen LogP contribution is -2.48. The molecule has 0 bridgehead atoms. The van der Waals surface area contributed by atoms with Gasteiger partial charge in [-0.2, -0.15) is 0 Å². The molecule has 0 amide bonds. The van der Waals surface area contributed by atoms with E-state index in [0.717, 1.165) is 25.7 Å². The lowest BCUT2D eigenvalue weighted by atomic mass is 9.92. The highest BCUT2D eigenvalue weighted by Crippen LogP contribution is 2.17. The zero-order chi connectivity index (χ0) is 9.19. The molecule has 0 spiro atoms. The molecule has 0 saturated heterocycles. The summed E-state index contributed by atoms with van der Waals surface area (Å²) in [6.07, 6.45) is 5.15. The second-order valence-corrected chi connectivity index (χ2v) is 5.22. The maximum atomic E-state index is 10.9. The normalized spacial score (nSPS) is 31.8. The van der Waals surface area contributed by atoms with E-state index in [1.165, 1.54) is 6.26 Å². The van der Waals surface area contributed by atoms with Gasteiger partial charge < -0.3 is 5.73 Å². The molecule has 0 aromatic rings. The second-order valence-electron chi connectivity index (χ2n) is 3.44. The van der Waals surface area contributed by atoms with Crippen molar-refractivity contribution in [3.8, 4) is 0 Å². The van der Waals surface area contributed by atoms with Gasteiger partial charge in [-0.3, -0.25) is 0 Å². The van der Waals surface area contributed by atoms with Crippen LogP contribution in [0, 0.1) is 0 Å². The van der Waals surface area contributed by atoms with Gasteiger partial charge in [0.05, 0.1) is 6.26 Å². The summed E-state index contributed by atoms with van der Waals surface area (Å²) in [6.45, 7) is 0. The molecule has 0 aliphatic heterocycles. The summed E-state index contributed by atoms with van der Waals surface area (Å²) in [6, 6.07) is -0.0535. The molecular formula is C7H16N2O2S. The van der Waals surface area contributed by atoms with Crippen molar-refractivity contribution in [2.45, 2.75) is 37.8 Å². The van der Waals surface area contributed by atoms with Crippen LogP contribution in [0.5, 0.6) is 0 Å². The molecule has 5 heteroatoms. The summed E-state index contributed by atoms with van der Waals surface area (Å²) in [5.74, 6) is 0. The highest BCUT2D eigenvalue weighted by Gasteiger charge is 2.23. The summed E-state index contributed by atoms with van der Waals surface area (Å²) >= 11 is 0. The number of hydrogen-bond acceptors (Lipinski definition) is 3. The van der Waals surface area contributed by atoms with Gasteiger partial charge in [0.15, 0.2) is 0 Å². The smallest absolute Gasteiger partial charge is 0.209 e. The van der Waals surface area contributed by atoms with Crippen LogP contribution in [0.3, 0.4) is 0 Å². The number of sulfonamides is 1. The molecule has 1 aliphatic carbocycles. The largest absolute Gasteiger partial charge is 0.326 e. The Balaban J connectivity index is 2.50. The van der Waals surface area contributed by atoms with Crippen LogP contribution in [0.2, 0.25) is 0 Å². The van der Waals surface area contributed by atoms with E-state index in [4.69, 9.17) is 5.73 Å². The molecular weight excluding hydrogens is 176 g/mol. The molecule has 3 N–H and O–H groups in total. The van der Waals surface area contributed by atoms with Crippen LogP contribution in [-0.2, 0) is 10.0 Å². The van der Waals surface area contributed by atoms with Crippen molar-refractivity contribution >= 4 is 10.0 Å². The Kier molecular flexibility index (Phi) is 3.09. The zero-order valence-electron chi connectivity index (χ0n) is 7.29. The fourth-order valence-electron chi connectivity index (χ4n) is 1.58. The molecule has 1 fully saturated rings. The van der Waals surface area contributed by atoms with Gasteiger partial charge in [-0.25, -0.2) is 13.1 Å². The first-order valence-electron chi connectivity index (χ1n) is 4.22. The van der Waals surface area contributed by atoms with Crippen molar-refractivity contribution in [1.29, 1.82) is 0 Å². The maximum Gasteiger partial charge on any atom is 0.209 e. The lowest BCUT2D eigenvalue weighted by Gasteiger charge is -2.28. The molecule has 4 nitrogen and oxygen atoms in total. The minimum atomic E-state index is -3.09. The first-order chi connectivity index (χ1) is 5.49. The average Bonchev–Trinajstić information content (AvgIpc) is 1.91. The summed E-state index contributed by atoms with van der Waals surface area (Å²) in [5.41, 5.74) is 5.76. The Labute approximate surface area is 73.6 Å². The molecule has 1 rings (SSSR count). The Morgan fingerprint density at radius 1 is 1.33 bits per heavy atom. The third-order valence-corrected chi connectivity index (χ3v) is 2.92. The molecule has 0 heterocycles. The van der Waals surface area contributed by atoms with E-state index in [0.29, 0.717) is 0 Å². The van der Waals surface area contributed by atoms with Gasteiger partial charge in [0.2, 0.25) is 10.0 Å². The monoisotopic (exact) mass is 192 g/mol. The van der Waals surface area contributed by atoms with Gasteiger partial charge in [-0.15, -0.1) is 0 Å². The standard InChI is InChI=1S/C7H16N2O2S/c1-12(10,11)9-7-5-3-2-4-6(7)8/h6-7,9H,2-5,8H2,1H3/t6-,7-/m0/s1. The van der Waals surface area contributed by atoms with E-state index in [-0.39, 0.29) is 12.1 Å². The first-order valence-corrected chi connectivity index (χ1v) is 6.11. The van der Waals surface area contributed by atoms with Crippen LogP contribution in [0.15, 0.2) is 0 Å². The van der Waals surface area contributed by atoms with Crippen LogP contribution < -0.4 is 10.5 Å². The minimum Gasteiger partial charge on any atom is -0.326 e. The Bertz CT molecular complexity index is 238. The summed E-state index contributed by atoms with van der Waals surface area (Å²) in [7, 11) is -3.09. The predicted molar refractivity (Wildman–Crippen MR) is 48.2 cm³/mol. The van der Waals surface area contributed by atoms with E-state index in [1.54, 1.807) is 0 Å². The topological polar surface area (TPSA) is 72.2 Å². The number of nitrogens with two attached hydrogens (primary N) is 1. The average molecular weight is 192 g/mol. The first kappa shape index (κ1) is 9.95. The minimum absolute atomic E-state index is 0.00604. The van der Waals surface area contributed by atoms with E-state index < -0.39 is 10.0 Å². The van der Waals surface area contributed by atoms with E-state index in [2.05, 4.69) is 4.72 Å². The van der Waals surface area contributed by atoms with Crippen LogP contribution in [0.4, 0.5) is 0 Å². The molecule has 2 atom stereocenters. The van der Waals surface area contributed by atoms with Crippen molar-refractivity contribution in [2.75, 3.05) is 6.26 Å². The van der Waals surface area contributed by atoms with Gasteiger partial charge >= 0.3 is 0 Å². The maximum absolute atomic E-state index is 10.9. The molecule has 0 unspecified atom stereocenters. The third kappa shape index (κ3) is 3.08. The Morgan fingerprint density at radius 2 is 1.92 bits per heavy atom. The molecule has 0 aromatic heterocycles. The van der Waals surface area contributed by atoms with Gasteiger partial charge in [0, 0.05) is 12.1 Å². The third-order valence-electron chi connectivity index (χ3n) is 2.18. The SMILES string of the molecule is CS(=O)(=O)N[C@H]1CCCC[C@@H]1N. The predicted octanol–water partition coefficient (Wildman–Crippen LogP) is -0.195. The van der Waals surface area contributed by atoms with E-state index in [1.807, 2.05) is 0 Å². The summed E-state index contributed by atoms with van der Waals surface area (Å²) < 4.78 is 24.3. The van der Waals surface area contributed by atoms with Crippen molar-refractivity contribution in [3.05, 3.63) is 0 Å². The molecule has 72 valence electrons. The van der Waals surface area contributed by atoms with Crippen molar-refractivity contribution in [3.63, 3.8) is 0 Å². The summed E-state index contributed by atoms with van der Waals surface area (Å²) in [4.78, 5) is 0. The van der Waals surface area contributed by atoms with E-state index in [9.17, 15) is 8.42 Å². The van der Waals surface area contributed by atoms with Crippen LogP contribution in [-0.4, -0.2) is 26.8 Å². The van der Waals surface area contributed by atoms with E-state index >= 15 is 0 Å². The Morgan fingerprint density at radius 3 is 2.42 bits per heavy atom. The highest BCUT2D eigenvalue weighted by atomic mass is 32.2. The van der Waals surface area contributed by atoms with Crippen LogP contribution in [0.1, 0.15) is 25.7 Å². The van der Waals surface area contributed by atoms with Gasteiger partial charge in [-0.05, 0) is 12.8 Å². The molecule has 1 saturated carbocycles. The molecule has 1 aliphatic rings. The molecule has 12 heavy (non-hydrogen) atoms. The van der Waals surface area contributed by atoms with Crippen molar-refractivity contribution < 1.29 is 8.42 Å². The Hall–Kier alpha value is -0.130. The van der Waals surface area contributed by atoms with Gasteiger partial charge in [-0.1, -0.05) is 12.8 Å². The van der Waals surface area contributed by atoms with Gasteiger partial charge in [0.25, 0.3) is 0 Å². The second kappa shape index (κ2) is 3.72. The van der Waals surface area contributed by atoms with Crippen LogP contribution >= 0.6 is 0 Å².